The molecule has 0 radical (unpaired) electrons. The van der Waals surface area contributed by atoms with Crippen molar-refractivity contribution >= 4 is 0 Å². The molecule has 0 amide bonds. The molecule has 0 aromatic heterocycles. The average molecular weight is 183 g/mol. The summed E-state index contributed by atoms with van der Waals surface area (Å²) in [7, 11) is 2.11. The van der Waals surface area contributed by atoms with Gasteiger partial charge in [0.25, 0.3) is 0 Å². The fraction of sp³-hybridized carbons (Fsp3) is 1.00. The van der Waals surface area contributed by atoms with E-state index >= 15 is 0 Å². The van der Waals surface area contributed by atoms with Crippen molar-refractivity contribution in [1.29, 1.82) is 0 Å². The molecule has 1 rings (SSSR count). The number of hydrogen-bond donors (Lipinski definition) is 1. The molecule has 1 aliphatic carbocycles. The van der Waals surface area contributed by atoms with Crippen molar-refractivity contribution in [2.24, 2.45) is 11.8 Å². The first kappa shape index (κ1) is 11.0. The summed E-state index contributed by atoms with van der Waals surface area (Å²) in [4.78, 5) is 0. The molecule has 0 aromatic rings. The maximum atomic E-state index is 3.46. The van der Waals surface area contributed by atoms with E-state index in [4.69, 9.17) is 0 Å². The van der Waals surface area contributed by atoms with E-state index in [2.05, 4.69) is 26.2 Å². The van der Waals surface area contributed by atoms with Gasteiger partial charge in [0, 0.05) is 6.04 Å². The molecular formula is C12H25N. The van der Waals surface area contributed by atoms with Crippen molar-refractivity contribution in [3.05, 3.63) is 0 Å². The molecule has 78 valence electrons. The van der Waals surface area contributed by atoms with Gasteiger partial charge >= 0.3 is 0 Å². The molecule has 0 saturated heterocycles. The predicted molar refractivity (Wildman–Crippen MR) is 58.9 cm³/mol. The number of nitrogens with one attached hydrogen (secondary N) is 1. The van der Waals surface area contributed by atoms with E-state index in [1.807, 2.05) is 0 Å². The van der Waals surface area contributed by atoms with E-state index < -0.39 is 0 Å². The second-order valence-electron chi connectivity index (χ2n) is 4.65. The zero-order valence-electron chi connectivity index (χ0n) is 9.47. The smallest absolute Gasteiger partial charge is 0.00668 e. The van der Waals surface area contributed by atoms with E-state index in [1.54, 1.807) is 0 Å². The Morgan fingerprint density at radius 1 is 1.23 bits per heavy atom. The lowest BCUT2D eigenvalue weighted by Crippen LogP contribution is -2.31. The normalized spacial score (nSPS) is 36.7. The van der Waals surface area contributed by atoms with Crippen LogP contribution in [0.15, 0.2) is 0 Å². The molecule has 3 unspecified atom stereocenters. The van der Waals surface area contributed by atoms with E-state index in [9.17, 15) is 0 Å². The molecule has 1 fully saturated rings. The average Bonchev–Trinajstić information content (AvgIpc) is 2.13. The second-order valence-corrected chi connectivity index (χ2v) is 4.65. The van der Waals surface area contributed by atoms with Gasteiger partial charge in [-0.2, -0.15) is 0 Å². The third-order valence-electron chi connectivity index (χ3n) is 3.79. The molecule has 0 heterocycles. The van der Waals surface area contributed by atoms with Gasteiger partial charge in [-0.1, -0.05) is 39.5 Å². The van der Waals surface area contributed by atoms with Crippen molar-refractivity contribution in [3.8, 4) is 0 Å². The topological polar surface area (TPSA) is 12.0 Å². The molecule has 0 aliphatic heterocycles. The number of rotatable bonds is 2. The van der Waals surface area contributed by atoms with Crippen LogP contribution in [-0.4, -0.2) is 13.1 Å². The van der Waals surface area contributed by atoms with Gasteiger partial charge in [0.05, 0.1) is 0 Å². The largest absolute Gasteiger partial charge is 0.317 e. The lowest BCUT2D eigenvalue weighted by atomic mass is 9.79. The lowest BCUT2D eigenvalue weighted by Gasteiger charge is -2.30. The quantitative estimate of drug-likeness (QED) is 0.693. The molecule has 1 N–H and O–H groups in total. The van der Waals surface area contributed by atoms with Crippen LogP contribution < -0.4 is 5.32 Å². The van der Waals surface area contributed by atoms with E-state index in [0.717, 1.165) is 17.9 Å². The molecule has 0 aromatic carbocycles. The summed E-state index contributed by atoms with van der Waals surface area (Å²) in [5.74, 6) is 1.90. The van der Waals surface area contributed by atoms with Crippen LogP contribution in [-0.2, 0) is 0 Å². The minimum Gasteiger partial charge on any atom is -0.317 e. The Labute approximate surface area is 83.3 Å². The Morgan fingerprint density at radius 2 is 1.92 bits per heavy atom. The third-order valence-corrected chi connectivity index (χ3v) is 3.79. The second kappa shape index (κ2) is 5.64. The van der Waals surface area contributed by atoms with Crippen molar-refractivity contribution in [1.82, 2.24) is 5.32 Å². The van der Waals surface area contributed by atoms with Crippen molar-refractivity contribution in [3.63, 3.8) is 0 Å². The highest BCUT2D eigenvalue weighted by Crippen LogP contribution is 2.29. The summed E-state index contributed by atoms with van der Waals surface area (Å²) >= 11 is 0. The van der Waals surface area contributed by atoms with Crippen LogP contribution in [0.5, 0.6) is 0 Å². The fourth-order valence-corrected chi connectivity index (χ4v) is 2.64. The minimum atomic E-state index is 0.785. The Kier molecular flexibility index (Phi) is 4.79. The molecule has 1 aliphatic rings. The van der Waals surface area contributed by atoms with E-state index in [0.29, 0.717) is 0 Å². The van der Waals surface area contributed by atoms with Gasteiger partial charge in [0.2, 0.25) is 0 Å². The molecule has 1 nitrogen and oxygen atoms in total. The maximum absolute atomic E-state index is 3.46. The molecule has 13 heavy (non-hydrogen) atoms. The highest BCUT2D eigenvalue weighted by Gasteiger charge is 2.21. The molecule has 1 heteroatoms. The zero-order valence-corrected chi connectivity index (χ0v) is 9.47. The van der Waals surface area contributed by atoms with Gasteiger partial charge in [0.15, 0.2) is 0 Å². The minimum absolute atomic E-state index is 0.785. The summed E-state index contributed by atoms with van der Waals surface area (Å²) in [6.45, 7) is 4.78. The maximum Gasteiger partial charge on any atom is 0.00668 e. The number of hydrogen-bond acceptors (Lipinski definition) is 1. The highest BCUT2D eigenvalue weighted by atomic mass is 14.9. The van der Waals surface area contributed by atoms with Gasteiger partial charge in [-0.3, -0.25) is 0 Å². The van der Waals surface area contributed by atoms with Gasteiger partial charge < -0.3 is 5.32 Å². The summed E-state index contributed by atoms with van der Waals surface area (Å²) < 4.78 is 0. The van der Waals surface area contributed by atoms with Crippen LogP contribution in [0.25, 0.3) is 0 Å². The molecular weight excluding hydrogens is 158 g/mol. The summed E-state index contributed by atoms with van der Waals surface area (Å²) in [6.07, 6.45) is 8.46. The standard InChI is InChI=1S/C12H25N/c1-4-11-9-12(13-3)8-6-5-7-10(11)2/h10-13H,4-9H2,1-3H3. The fourth-order valence-electron chi connectivity index (χ4n) is 2.64. The summed E-state index contributed by atoms with van der Waals surface area (Å²) in [5, 5.41) is 3.46. The van der Waals surface area contributed by atoms with E-state index in [1.165, 1.54) is 38.5 Å². The SMILES string of the molecule is CCC1CC(NC)CCCCC1C. The van der Waals surface area contributed by atoms with Crippen LogP contribution >= 0.6 is 0 Å². The van der Waals surface area contributed by atoms with Gasteiger partial charge in [-0.15, -0.1) is 0 Å². The molecule has 1 saturated carbocycles. The Morgan fingerprint density at radius 3 is 2.54 bits per heavy atom. The highest BCUT2D eigenvalue weighted by molar-refractivity contribution is 4.76. The van der Waals surface area contributed by atoms with E-state index in [-0.39, 0.29) is 0 Å². The summed E-state index contributed by atoms with van der Waals surface area (Å²) in [5.41, 5.74) is 0. The third kappa shape index (κ3) is 3.30. The Hall–Kier alpha value is -0.0400. The predicted octanol–water partition coefficient (Wildman–Crippen LogP) is 3.20. The first-order chi connectivity index (χ1) is 6.27. The van der Waals surface area contributed by atoms with Gasteiger partial charge in [-0.25, -0.2) is 0 Å². The zero-order chi connectivity index (χ0) is 9.68. The van der Waals surface area contributed by atoms with Crippen molar-refractivity contribution in [2.45, 2.75) is 58.4 Å². The first-order valence-electron chi connectivity index (χ1n) is 5.95. The van der Waals surface area contributed by atoms with Crippen LogP contribution in [0.3, 0.4) is 0 Å². The van der Waals surface area contributed by atoms with Crippen LogP contribution in [0.4, 0.5) is 0 Å². The molecule has 0 bridgehead atoms. The van der Waals surface area contributed by atoms with Gasteiger partial charge in [-0.05, 0) is 31.7 Å². The Balaban J connectivity index is 2.47. The first-order valence-corrected chi connectivity index (χ1v) is 5.95. The molecule has 0 spiro atoms. The van der Waals surface area contributed by atoms with Crippen LogP contribution in [0.2, 0.25) is 0 Å². The molecule has 3 atom stereocenters. The Bertz CT molecular complexity index is 133. The lowest BCUT2D eigenvalue weighted by molar-refractivity contribution is 0.242. The monoisotopic (exact) mass is 183 g/mol. The van der Waals surface area contributed by atoms with Crippen LogP contribution in [0.1, 0.15) is 52.4 Å². The van der Waals surface area contributed by atoms with Gasteiger partial charge in [0.1, 0.15) is 0 Å². The van der Waals surface area contributed by atoms with Crippen LogP contribution in [0, 0.1) is 11.8 Å². The van der Waals surface area contributed by atoms with Crippen molar-refractivity contribution < 1.29 is 0 Å². The summed E-state index contributed by atoms with van der Waals surface area (Å²) in [6, 6.07) is 0.785. The van der Waals surface area contributed by atoms with Crippen molar-refractivity contribution in [2.75, 3.05) is 7.05 Å².